The molecule has 1 aliphatic heterocycles. The SMILES string of the molecule is O=c1oc(CCc2ccc(OCc3coc(C=Cc4ccccc4)n3)cc2)c(O)n1CCN1CCOCC1. The van der Waals surface area contributed by atoms with Gasteiger partial charge in [-0.2, -0.15) is 0 Å². The summed E-state index contributed by atoms with van der Waals surface area (Å²) in [4.78, 5) is 18.9. The molecule has 4 aromatic rings. The Hall–Kier alpha value is -4.08. The molecule has 1 aliphatic rings. The molecule has 5 rings (SSSR count). The van der Waals surface area contributed by atoms with Crippen LogP contribution in [0.5, 0.6) is 11.6 Å². The summed E-state index contributed by atoms with van der Waals surface area (Å²) in [5.41, 5.74) is 2.81. The summed E-state index contributed by atoms with van der Waals surface area (Å²) in [6.07, 6.45) is 6.40. The summed E-state index contributed by atoms with van der Waals surface area (Å²) in [6, 6.07) is 17.6. The van der Waals surface area contributed by atoms with Gasteiger partial charge in [0.1, 0.15) is 24.3 Å². The van der Waals surface area contributed by atoms with Crippen molar-refractivity contribution >= 4 is 12.2 Å². The van der Waals surface area contributed by atoms with Crippen molar-refractivity contribution in [3.63, 3.8) is 0 Å². The molecule has 38 heavy (non-hydrogen) atoms. The highest BCUT2D eigenvalue weighted by molar-refractivity contribution is 5.65. The molecule has 198 valence electrons. The van der Waals surface area contributed by atoms with Crippen LogP contribution >= 0.6 is 0 Å². The van der Waals surface area contributed by atoms with Crippen molar-refractivity contribution in [2.45, 2.75) is 26.0 Å². The van der Waals surface area contributed by atoms with Crippen molar-refractivity contribution in [1.82, 2.24) is 14.5 Å². The average Bonchev–Trinajstić information content (AvgIpc) is 3.53. The Kier molecular flexibility index (Phi) is 8.37. The lowest BCUT2D eigenvalue weighted by Gasteiger charge is -2.26. The average molecular weight is 518 g/mol. The summed E-state index contributed by atoms with van der Waals surface area (Å²) in [5.74, 6) is 0.921. The zero-order chi connectivity index (χ0) is 26.2. The van der Waals surface area contributed by atoms with E-state index in [1.165, 1.54) is 4.57 Å². The van der Waals surface area contributed by atoms with E-state index in [-0.39, 0.29) is 5.88 Å². The van der Waals surface area contributed by atoms with Crippen LogP contribution in [0.4, 0.5) is 0 Å². The second-order valence-electron chi connectivity index (χ2n) is 9.07. The standard InChI is InChI=1S/C29H31N3O6/c33-28-26(38-29(34)32(28)15-14-31-16-18-35-19-17-31)12-8-23-6-10-25(11-7-23)36-20-24-21-37-27(30-24)13-9-22-4-2-1-3-5-22/h1-7,9-11,13,21,33H,8,12,14-20H2. The quantitative estimate of drug-likeness (QED) is 0.319. The molecule has 0 saturated carbocycles. The van der Waals surface area contributed by atoms with Crippen LogP contribution in [-0.4, -0.2) is 52.4 Å². The third-order valence-corrected chi connectivity index (χ3v) is 6.42. The molecule has 2 aromatic carbocycles. The first-order valence-corrected chi connectivity index (χ1v) is 12.7. The number of aryl methyl sites for hydroxylation is 2. The number of rotatable bonds is 11. The van der Waals surface area contributed by atoms with Gasteiger partial charge in [-0.3, -0.25) is 4.90 Å². The minimum absolute atomic E-state index is 0.0891. The minimum atomic E-state index is -0.527. The molecule has 0 bridgehead atoms. The fraction of sp³-hybridized carbons (Fsp3) is 0.310. The first-order valence-electron chi connectivity index (χ1n) is 12.7. The molecule has 9 heteroatoms. The number of aromatic nitrogens is 2. The van der Waals surface area contributed by atoms with Gasteiger partial charge in [0.05, 0.1) is 13.2 Å². The van der Waals surface area contributed by atoms with Gasteiger partial charge < -0.3 is 23.4 Å². The van der Waals surface area contributed by atoms with Crippen LogP contribution in [0.1, 0.15) is 28.5 Å². The molecule has 0 atom stereocenters. The highest BCUT2D eigenvalue weighted by atomic mass is 16.5. The number of aromatic hydroxyl groups is 1. The third kappa shape index (κ3) is 6.81. The predicted octanol–water partition coefficient (Wildman–Crippen LogP) is 4.00. The molecular weight excluding hydrogens is 486 g/mol. The third-order valence-electron chi connectivity index (χ3n) is 6.42. The van der Waals surface area contributed by atoms with Gasteiger partial charge in [-0.1, -0.05) is 42.5 Å². The van der Waals surface area contributed by atoms with Crippen LogP contribution < -0.4 is 10.5 Å². The summed E-state index contributed by atoms with van der Waals surface area (Å²) in [7, 11) is 0. The zero-order valence-electron chi connectivity index (χ0n) is 21.1. The van der Waals surface area contributed by atoms with Gasteiger partial charge in [0.2, 0.25) is 11.8 Å². The van der Waals surface area contributed by atoms with E-state index in [2.05, 4.69) is 9.88 Å². The van der Waals surface area contributed by atoms with Crippen LogP contribution in [0.15, 0.2) is 74.5 Å². The second kappa shape index (κ2) is 12.4. The van der Waals surface area contributed by atoms with Gasteiger partial charge in [-0.25, -0.2) is 14.3 Å². The maximum absolute atomic E-state index is 12.2. The molecule has 1 N–H and O–H groups in total. The topological polar surface area (TPSA) is 103 Å². The van der Waals surface area contributed by atoms with Gasteiger partial charge >= 0.3 is 5.76 Å². The van der Waals surface area contributed by atoms with E-state index in [0.29, 0.717) is 68.8 Å². The van der Waals surface area contributed by atoms with E-state index in [0.717, 1.165) is 24.2 Å². The Morgan fingerprint density at radius 3 is 2.55 bits per heavy atom. The van der Waals surface area contributed by atoms with E-state index in [1.807, 2.05) is 66.7 Å². The smallest absolute Gasteiger partial charge is 0.422 e. The molecule has 0 unspecified atom stereocenters. The molecule has 0 radical (unpaired) electrons. The molecule has 1 fully saturated rings. The van der Waals surface area contributed by atoms with Crippen LogP contribution in [0, 0.1) is 0 Å². The number of oxazole rings is 2. The summed E-state index contributed by atoms with van der Waals surface area (Å²) in [5, 5.41) is 10.5. The normalized spacial score (nSPS) is 14.3. The van der Waals surface area contributed by atoms with Crippen LogP contribution in [0.2, 0.25) is 0 Å². The van der Waals surface area contributed by atoms with E-state index >= 15 is 0 Å². The Labute approximate surface area is 220 Å². The van der Waals surface area contributed by atoms with Gasteiger partial charge in [-0.05, 0) is 35.8 Å². The molecule has 2 aromatic heterocycles. The number of hydrogen-bond donors (Lipinski definition) is 1. The highest BCUT2D eigenvalue weighted by Gasteiger charge is 2.18. The molecule has 0 aliphatic carbocycles. The molecule has 0 amide bonds. The van der Waals surface area contributed by atoms with Crippen molar-refractivity contribution in [3.05, 3.63) is 99.9 Å². The van der Waals surface area contributed by atoms with Gasteiger partial charge in [0.25, 0.3) is 0 Å². The molecule has 1 saturated heterocycles. The van der Waals surface area contributed by atoms with E-state index in [4.69, 9.17) is 18.3 Å². The largest absolute Gasteiger partial charge is 0.492 e. The maximum atomic E-state index is 12.2. The fourth-order valence-electron chi connectivity index (χ4n) is 4.23. The lowest BCUT2D eigenvalue weighted by Crippen LogP contribution is -2.38. The van der Waals surface area contributed by atoms with Crippen molar-refractivity contribution in [2.24, 2.45) is 0 Å². The van der Waals surface area contributed by atoms with Crippen LogP contribution in [0.3, 0.4) is 0 Å². The molecule has 0 spiro atoms. The lowest BCUT2D eigenvalue weighted by atomic mass is 10.1. The maximum Gasteiger partial charge on any atom is 0.422 e. The Balaban J connectivity index is 1.09. The first kappa shape index (κ1) is 25.6. The number of morpholine rings is 1. The van der Waals surface area contributed by atoms with E-state index in [9.17, 15) is 9.90 Å². The monoisotopic (exact) mass is 517 g/mol. The lowest BCUT2D eigenvalue weighted by molar-refractivity contribution is 0.0359. The molecular formula is C29H31N3O6. The molecule has 9 nitrogen and oxygen atoms in total. The zero-order valence-corrected chi connectivity index (χ0v) is 21.1. The predicted molar refractivity (Wildman–Crippen MR) is 142 cm³/mol. The van der Waals surface area contributed by atoms with Gasteiger partial charge in [-0.15, -0.1) is 0 Å². The van der Waals surface area contributed by atoms with Crippen LogP contribution in [-0.2, 0) is 30.7 Å². The Morgan fingerprint density at radius 2 is 1.76 bits per heavy atom. The first-order chi connectivity index (χ1) is 18.6. The van der Waals surface area contributed by atoms with Crippen molar-refractivity contribution < 1.29 is 23.4 Å². The molecule has 3 heterocycles. The van der Waals surface area contributed by atoms with Crippen molar-refractivity contribution in [2.75, 3.05) is 32.8 Å². The Morgan fingerprint density at radius 1 is 0.974 bits per heavy atom. The number of benzene rings is 2. The van der Waals surface area contributed by atoms with Crippen molar-refractivity contribution in [1.29, 1.82) is 0 Å². The van der Waals surface area contributed by atoms with E-state index in [1.54, 1.807) is 6.26 Å². The highest BCUT2D eigenvalue weighted by Crippen LogP contribution is 2.20. The summed E-state index contributed by atoms with van der Waals surface area (Å²) < 4.78 is 23.3. The number of ether oxygens (including phenoxy) is 2. The van der Waals surface area contributed by atoms with Crippen molar-refractivity contribution in [3.8, 4) is 11.6 Å². The minimum Gasteiger partial charge on any atom is -0.492 e. The number of hydrogen-bond acceptors (Lipinski definition) is 8. The second-order valence-corrected chi connectivity index (χ2v) is 9.07. The van der Waals surface area contributed by atoms with E-state index < -0.39 is 5.76 Å². The Bertz CT molecular complexity index is 1380. The number of nitrogens with zero attached hydrogens (tertiary/aromatic N) is 3. The van der Waals surface area contributed by atoms with Gasteiger partial charge in [0, 0.05) is 38.7 Å². The fourth-order valence-corrected chi connectivity index (χ4v) is 4.23. The van der Waals surface area contributed by atoms with Crippen LogP contribution in [0.25, 0.3) is 12.2 Å². The van der Waals surface area contributed by atoms with Gasteiger partial charge in [0.15, 0.2) is 5.76 Å². The summed E-state index contributed by atoms with van der Waals surface area (Å²) in [6.45, 7) is 4.37. The summed E-state index contributed by atoms with van der Waals surface area (Å²) >= 11 is 0.